The number of ether oxygens (including phenoxy) is 1. The van der Waals surface area contributed by atoms with Crippen LogP contribution >= 0.6 is 11.6 Å². The quantitative estimate of drug-likeness (QED) is 0.737. The Morgan fingerprint density at radius 2 is 1.70 bits per heavy atom. The fourth-order valence-corrected chi connectivity index (χ4v) is 2.68. The molecule has 0 aliphatic carbocycles. The lowest BCUT2D eigenvalue weighted by molar-refractivity contribution is -0.121. The van der Waals surface area contributed by atoms with Gasteiger partial charge in [-0.25, -0.2) is 0 Å². The third-order valence-corrected chi connectivity index (χ3v) is 4.12. The number of anilines is 1. The highest BCUT2D eigenvalue weighted by atomic mass is 35.5. The summed E-state index contributed by atoms with van der Waals surface area (Å²) in [7, 11) is 0. The fourth-order valence-electron chi connectivity index (χ4n) is 2.55. The normalized spacial score (nSPS) is 10.6. The molecule has 0 saturated heterocycles. The summed E-state index contributed by atoms with van der Waals surface area (Å²) in [6.45, 7) is 6.14. The number of nitrogens with one attached hydrogen (secondary N) is 1. The minimum absolute atomic E-state index is 0.0871. The molecule has 1 N–H and O–H groups in total. The van der Waals surface area contributed by atoms with Crippen molar-refractivity contribution in [2.24, 2.45) is 0 Å². The van der Waals surface area contributed by atoms with Crippen LogP contribution in [-0.4, -0.2) is 24.5 Å². The van der Waals surface area contributed by atoms with Gasteiger partial charge in [0.25, 0.3) is 0 Å². The first-order chi connectivity index (χ1) is 12.8. The highest BCUT2D eigenvalue weighted by Crippen LogP contribution is 2.21. The van der Waals surface area contributed by atoms with E-state index in [1.54, 1.807) is 17.0 Å². The first-order valence-electron chi connectivity index (χ1n) is 8.91. The number of benzene rings is 2. The number of hydrogen-bond donors (Lipinski definition) is 1. The number of carbonyl (C=O) groups is 2. The molecule has 2 rings (SSSR count). The van der Waals surface area contributed by atoms with Gasteiger partial charge in [0, 0.05) is 37.1 Å². The number of halogens is 1. The highest BCUT2D eigenvalue weighted by molar-refractivity contribution is 6.30. The van der Waals surface area contributed by atoms with Crippen LogP contribution in [0.5, 0.6) is 5.75 Å². The smallest absolute Gasteiger partial charge is 0.223 e. The molecule has 0 atom stereocenters. The van der Waals surface area contributed by atoms with Crippen LogP contribution in [-0.2, 0) is 16.1 Å². The van der Waals surface area contributed by atoms with Gasteiger partial charge in [0.1, 0.15) is 5.75 Å². The van der Waals surface area contributed by atoms with Crippen molar-refractivity contribution >= 4 is 29.1 Å². The number of hydrogen-bond acceptors (Lipinski definition) is 3. The Labute approximate surface area is 165 Å². The predicted octanol–water partition coefficient (Wildman–Crippen LogP) is 4.19. The Morgan fingerprint density at radius 1 is 1.07 bits per heavy atom. The highest BCUT2D eigenvalue weighted by Gasteiger charge is 2.14. The molecular formula is C21H25ClN2O3. The van der Waals surface area contributed by atoms with Crippen LogP contribution in [0.15, 0.2) is 48.5 Å². The average Bonchev–Trinajstić information content (AvgIpc) is 2.62. The summed E-state index contributed by atoms with van der Waals surface area (Å²) in [6, 6.07) is 14.6. The topological polar surface area (TPSA) is 58.6 Å². The van der Waals surface area contributed by atoms with Gasteiger partial charge in [0.05, 0.1) is 6.10 Å². The number of nitrogens with zero attached hydrogens (tertiary/aromatic N) is 1. The standard InChI is InChI=1S/C21H25ClN2O3/c1-15(2)27-20-10-8-19(9-11-20)24(16(3)25)13-12-21(26)23-14-17-4-6-18(22)7-5-17/h4-11,15H,12-14H2,1-3H3,(H,23,26). The van der Waals surface area contributed by atoms with Crippen molar-refractivity contribution in [3.63, 3.8) is 0 Å². The van der Waals surface area contributed by atoms with E-state index < -0.39 is 0 Å². The number of amides is 2. The molecule has 0 aliphatic rings. The Morgan fingerprint density at radius 3 is 2.26 bits per heavy atom. The van der Waals surface area contributed by atoms with E-state index in [1.165, 1.54) is 6.92 Å². The Balaban J connectivity index is 1.89. The molecule has 0 saturated carbocycles. The van der Waals surface area contributed by atoms with Crippen molar-refractivity contribution in [1.29, 1.82) is 0 Å². The molecule has 0 aromatic heterocycles. The summed E-state index contributed by atoms with van der Waals surface area (Å²) in [4.78, 5) is 25.7. The lowest BCUT2D eigenvalue weighted by atomic mass is 10.2. The van der Waals surface area contributed by atoms with E-state index in [0.29, 0.717) is 18.1 Å². The fraction of sp³-hybridized carbons (Fsp3) is 0.333. The lowest BCUT2D eigenvalue weighted by Gasteiger charge is -2.21. The van der Waals surface area contributed by atoms with Crippen LogP contribution in [0.2, 0.25) is 5.02 Å². The van der Waals surface area contributed by atoms with Crippen molar-refractivity contribution in [3.8, 4) is 5.75 Å². The summed E-state index contributed by atoms with van der Waals surface area (Å²) in [5.41, 5.74) is 1.71. The van der Waals surface area contributed by atoms with Gasteiger partial charge in [-0.2, -0.15) is 0 Å². The van der Waals surface area contributed by atoms with Crippen LogP contribution in [0, 0.1) is 0 Å². The van der Waals surface area contributed by atoms with Gasteiger partial charge in [-0.15, -0.1) is 0 Å². The third-order valence-electron chi connectivity index (χ3n) is 3.87. The van der Waals surface area contributed by atoms with Gasteiger partial charge in [-0.1, -0.05) is 23.7 Å². The van der Waals surface area contributed by atoms with E-state index in [2.05, 4.69) is 5.32 Å². The molecule has 0 heterocycles. The zero-order valence-corrected chi connectivity index (χ0v) is 16.6. The molecular weight excluding hydrogens is 364 g/mol. The molecule has 2 aromatic carbocycles. The molecule has 27 heavy (non-hydrogen) atoms. The van der Waals surface area contributed by atoms with Crippen LogP contribution in [0.4, 0.5) is 5.69 Å². The molecule has 0 bridgehead atoms. The maximum atomic E-state index is 12.1. The first kappa shape index (κ1) is 20.8. The zero-order chi connectivity index (χ0) is 19.8. The summed E-state index contributed by atoms with van der Waals surface area (Å²) in [5, 5.41) is 3.51. The maximum absolute atomic E-state index is 12.1. The lowest BCUT2D eigenvalue weighted by Crippen LogP contribution is -2.33. The van der Waals surface area contributed by atoms with Crippen molar-refractivity contribution in [2.75, 3.05) is 11.4 Å². The summed E-state index contributed by atoms with van der Waals surface area (Å²) in [6.07, 6.45) is 0.307. The Hall–Kier alpha value is -2.53. The summed E-state index contributed by atoms with van der Waals surface area (Å²) >= 11 is 5.85. The van der Waals surface area contributed by atoms with Crippen LogP contribution in [0.1, 0.15) is 32.8 Å². The molecule has 6 heteroatoms. The molecule has 0 unspecified atom stereocenters. The van der Waals surface area contributed by atoms with Gasteiger partial charge >= 0.3 is 0 Å². The predicted molar refractivity (Wildman–Crippen MR) is 108 cm³/mol. The van der Waals surface area contributed by atoms with Crippen molar-refractivity contribution < 1.29 is 14.3 Å². The molecule has 0 fully saturated rings. The van der Waals surface area contributed by atoms with E-state index in [9.17, 15) is 9.59 Å². The summed E-state index contributed by atoms with van der Waals surface area (Å²) < 4.78 is 5.61. The van der Waals surface area contributed by atoms with E-state index >= 15 is 0 Å². The van der Waals surface area contributed by atoms with Gasteiger partial charge in [-0.3, -0.25) is 9.59 Å². The number of carbonyl (C=O) groups excluding carboxylic acids is 2. The second-order valence-corrected chi connectivity index (χ2v) is 6.92. The van der Waals surface area contributed by atoms with E-state index in [1.807, 2.05) is 50.2 Å². The third kappa shape index (κ3) is 6.94. The Kier molecular flexibility index (Phi) is 7.67. The first-order valence-corrected chi connectivity index (χ1v) is 9.29. The number of rotatable bonds is 8. The molecule has 0 spiro atoms. The molecule has 0 radical (unpaired) electrons. The van der Waals surface area contributed by atoms with Crippen LogP contribution in [0.3, 0.4) is 0 Å². The average molecular weight is 389 g/mol. The molecule has 2 aromatic rings. The van der Waals surface area contributed by atoms with Gasteiger partial charge < -0.3 is 15.0 Å². The van der Waals surface area contributed by atoms with E-state index in [-0.39, 0.29) is 24.3 Å². The SMILES string of the molecule is CC(=O)N(CCC(=O)NCc1ccc(Cl)cc1)c1ccc(OC(C)C)cc1. The van der Waals surface area contributed by atoms with Crippen molar-refractivity contribution in [2.45, 2.75) is 39.8 Å². The minimum Gasteiger partial charge on any atom is -0.491 e. The molecule has 5 nitrogen and oxygen atoms in total. The van der Waals surface area contributed by atoms with E-state index in [0.717, 1.165) is 17.0 Å². The van der Waals surface area contributed by atoms with Crippen molar-refractivity contribution in [3.05, 3.63) is 59.1 Å². The molecule has 0 aliphatic heterocycles. The molecule has 144 valence electrons. The largest absolute Gasteiger partial charge is 0.491 e. The van der Waals surface area contributed by atoms with Crippen LogP contribution in [0.25, 0.3) is 0 Å². The monoisotopic (exact) mass is 388 g/mol. The van der Waals surface area contributed by atoms with Crippen molar-refractivity contribution in [1.82, 2.24) is 5.32 Å². The maximum Gasteiger partial charge on any atom is 0.223 e. The second kappa shape index (κ2) is 9.97. The minimum atomic E-state index is -0.115. The zero-order valence-electron chi connectivity index (χ0n) is 15.9. The van der Waals surface area contributed by atoms with Gasteiger partial charge in [-0.05, 0) is 55.8 Å². The van der Waals surface area contributed by atoms with Gasteiger partial charge in [0.15, 0.2) is 0 Å². The summed E-state index contributed by atoms with van der Waals surface area (Å²) in [5.74, 6) is 0.520. The van der Waals surface area contributed by atoms with Gasteiger partial charge in [0.2, 0.25) is 11.8 Å². The second-order valence-electron chi connectivity index (χ2n) is 6.48. The molecule has 2 amide bonds. The van der Waals surface area contributed by atoms with Crippen LogP contribution < -0.4 is 15.0 Å². The Bertz CT molecular complexity index is 758. The van der Waals surface area contributed by atoms with E-state index in [4.69, 9.17) is 16.3 Å².